The summed E-state index contributed by atoms with van der Waals surface area (Å²) >= 11 is 0. The first kappa shape index (κ1) is 11.8. The summed E-state index contributed by atoms with van der Waals surface area (Å²) in [4.78, 5) is 4.80. The molecule has 5 aromatic rings. The molecule has 5 rings (SSSR count). The van der Waals surface area contributed by atoms with E-state index in [4.69, 9.17) is 4.98 Å². The summed E-state index contributed by atoms with van der Waals surface area (Å²) in [5.74, 6) is 0. The molecule has 0 bridgehead atoms. The van der Waals surface area contributed by atoms with Crippen LogP contribution in [-0.2, 0) is 20.1 Å². The Kier molecular flexibility index (Phi) is 2.38. The Morgan fingerprint density at radius 1 is 0.950 bits per heavy atom. The molecule has 0 aliphatic carbocycles. The maximum absolute atomic E-state index is 4.80. The molecule has 97 valence electrons. The maximum atomic E-state index is 4.80. The smallest absolute Gasteiger partial charge is 0.0780 e. The van der Waals surface area contributed by atoms with E-state index in [1.807, 2.05) is 12.1 Å². The van der Waals surface area contributed by atoms with E-state index in [9.17, 15) is 0 Å². The van der Waals surface area contributed by atoms with E-state index >= 15 is 0 Å². The molecular weight excluding hydrogens is 424 g/mol. The first-order valence-corrected chi connectivity index (χ1v) is 6.34. The predicted octanol–water partition coefficient (Wildman–Crippen LogP) is 4.03. The molecule has 3 aromatic heterocycles. The Bertz CT molecular complexity index is 1060. The number of hydrogen-bond donors (Lipinski definition) is 0. The molecule has 0 amide bonds. The molecule has 0 saturated carbocycles. The van der Waals surface area contributed by atoms with Crippen molar-refractivity contribution in [3.63, 3.8) is 0 Å². The van der Waals surface area contributed by atoms with Crippen molar-refractivity contribution in [3.8, 4) is 0 Å². The van der Waals surface area contributed by atoms with Crippen LogP contribution in [0.2, 0.25) is 0 Å². The minimum atomic E-state index is 0. The third-order valence-electron chi connectivity index (χ3n) is 3.81. The van der Waals surface area contributed by atoms with Crippen LogP contribution in [0.1, 0.15) is 0 Å². The van der Waals surface area contributed by atoms with Crippen LogP contribution in [0.15, 0.2) is 54.6 Å². The molecule has 0 aliphatic rings. The molecule has 3 heterocycles. The number of imidazole rings is 1. The minimum Gasteiger partial charge on any atom is -0.333 e. The third-order valence-corrected chi connectivity index (χ3v) is 3.81. The molecular formula is C17H9IrN2-. The van der Waals surface area contributed by atoms with E-state index in [1.165, 1.54) is 21.8 Å². The molecule has 0 atom stereocenters. The van der Waals surface area contributed by atoms with Gasteiger partial charge in [0, 0.05) is 31.0 Å². The first-order valence-electron chi connectivity index (χ1n) is 6.34. The Morgan fingerprint density at radius 2 is 1.85 bits per heavy atom. The van der Waals surface area contributed by atoms with Gasteiger partial charge in [0.15, 0.2) is 0 Å². The zero-order valence-electron chi connectivity index (χ0n) is 10.4. The zero-order chi connectivity index (χ0) is 12.4. The summed E-state index contributed by atoms with van der Waals surface area (Å²) in [5, 5.41) is 3.50. The minimum absolute atomic E-state index is 0. The van der Waals surface area contributed by atoms with E-state index in [1.54, 1.807) is 0 Å². The number of benzene rings is 2. The topological polar surface area (TPSA) is 17.3 Å². The van der Waals surface area contributed by atoms with E-state index in [0.717, 1.165) is 16.6 Å². The summed E-state index contributed by atoms with van der Waals surface area (Å²) < 4.78 is 2.24. The van der Waals surface area contributed by atoms with Gasteiger partial charge in [0.25, 0.3) is 0 Å². The average Bonchev–Trinajstić information content (AvgIpc) is 2.85. The van der Waals surface area contributed by atoms with Crippen LogP contribution in [0.4, 0.5) is 0 Å². The summed E-state index contributed by atoms with van der Waals surface area (Å²) in [5.41, 5.74) is 4.44. The molecule has 2 aromatic carbocycles. The van der Waals surface area contributed by atoms with Gasteiger partial charge >= 0.3 is 0 Å². The fourth-order valence-electron chi connectivity index (χ4n) is 2.99. The fraction of sp³-hybridized carbons (Fsp3) is 0. The van der Waals surface area contributed by atoms with E-state index in [0.29, 0.717) is 0 Å². The zero-order valence-corrected chi connectivity index (χ0v) is 12.8. The molecule has 0 unspecified atom stereocenters. The molecule has 1 radical (unpaired) electrons. The summed E-state index contributed by atoms with van der Waals surface area (Å²) in [7, 11) is 0. The van der Waals surface area contributed by atoms with Crippen molar-refractivity contribution < 1.29 is 20.1 Å². The van der Waals surface area contributed by atoms with E-state index in [2.05, 4.69) is 52.9 Å². The van der Waals surface area contributed by atoms with Crippen LogP contribution in [0, 0.1) is 6.07 Å². The maximum Gasteiger partial charge on any atom is 0.0780 e. The van der Waals surface area contributed by atoms with Gasteiger partial charge in [-0.25, -0.2) is 0 Å². The van der Waals surface area contributed by atoms with Crippen molar-refractivity contribution in [2.24, 2.45) is 0 Å². The standard InChI is InChI=1S/C17H9N2.Ir/c1-2-6-14-12(4-1)10-13-9-8-11-5-3-7-15-16(11)19(13)17(14)18-15;/h1-5,7-10H;/q-1;. The Balaban J connectivity index is 0.00000106. The molecule has 0 spiro atoms. The largest absolute Gasteiger partial charge is 0.333 e. The van der Waals surface area contributed by atoms with Gasteiger partial charge in [-0.05, 0) is 12.1 Å². The molecule has 0 fully saturated rings. The molecule has 0 saturated heterocycles. The molecule has 0 aliphatic heterocycles. The van der Waals surface area contributed by atoms with E-state index < -0.39 is 0 Å². The Hall–Kier alpha value is -1.96. The number of nitrogens with zero attached hydrogens (tertiary/aromatic N) is 2. The normalized spacial score (nSPS) is 11.6. The monoisotopic (exact) mass is 434 g/mol. The predicted molar refractivity (Wildman–Crippen MR) is 77.7 cm³/mol. The van der Waals surface area contributed by atoms with Crippen LogP contribution in [-0.4, -0.2) is 9.38 Å². The number of fused-ring (bicyclic) bond motifs is 2. The van der Waals surface area contributed by atoms with Crippen molar-refractivity contribution in [1.82, 2.24) is 9.38 Å². The molecule has 20 heavy (non-hydrogen) atoms. The van der Waals surface area contributed by atoms with Gasteiger partial charge in [-0.1, -0.05) is 24.3 Å². The van der Waals surface area contributed by atoms with Crippen LogP contribution in [0.5, 0.6) is 0 Å². The molecule has 3 heteroatoms. The van der Waals surface area contributed by atoms with Crippen molar-refractivity contribution in [2.45, 2.75) is 0 Å². The van der Waals surface area contributed by atoms with Gasteiger partial charge in [0.05, 0.1) is 16.7 Å². The SMILES string of the molecule is [Ir].[c-]1cccc2cc3ccc4cccc5nc(c12)n3c45. The van der Waals surface area contributed by atoms with Crippen LogP contribution in [0.3, 0.4) is 0 Å². The Labute approximate surface area is 128 Å². The number of hydrogen-bond acceptors (Lipinski definition) is 1. The van der Waals surface area contributed by atoms with E-state index in [-0.39, 0.29) is 20.1 Å². The van der Waals surface area contributed by atoms with Crippen LogP contribution >= 0.6 is 0 Å². The van der Waals surface area contributed by atoms with Crippen LogP contribution in [0.25, 0.3) is 38.4 Å². The average molecular weight is 433 g/mol. The van der Waals surface area contributed by atoms with Gasteiger partial charge < -0.3 is 4.40 Å². The van der Waals surface area contributed by atoms with Crippen molar-refractivity contribution >= 4 is 38.4 Å². The second kappa shape index (κ2) is 4.02. The summed E-state index contributed by atoms with van der Waals surface area (Å²) in [6.45, 7) is 0. The number of rotatable bonds is 0. The quantitative estimate of drug-likeness (QED) is 0.205. The van der Waals surface area contributed by atoms with Gasteiger partial charge in [0.1, 0.15) is 0 Å². The van der Waals surface area contributed by atoms with Crippen molar-refractivity contribution in [1.29, 1.82) is 0 Å². The van der Waals surface area contributed by atoms with Gasteiger partial charge in [-0.15, -0.1) is 35.0 Å². The van der Waals surface area contributed by atoms with Crippen molar-refractivity contribution in [3.05, 3.63) is 60.7 Å². The second-order valence-electron chi connectivity index (χ2n) is 4.89. The number of pyridine rings is 2. The summed E-state index contributed by atoms with van der Waals surface area (Å²) in [6, 6.07) is 22.2. The van der Waals surface area contributed by atoms with Gasteiger partial charge in [-0.3, -0.25) is 4.98 Å². The van der Waals surface area contributed by atoms with Gasteiger partial charge in [-0.2, -0.15) is 0 Å². The number of aromatic nitrogens is 2. The molecule has 0 N–H and O–H groups in total. The summed E-state index contributed by atoms with van der Waals surface area (Å²) in [6.07, 6.45) is 0. The first-order chi connectivity index (χ1) is 9.42. The fourth-order valence-corrected chi connectivity index (χ4v) is 2.99. The van der Waals surface area contributed by atoms with Crippen LogP contribution < -0.4 is 0 Å². The third kappa shape index (κ3) is 1.34. The van der Waals surface area contributed by atoms with Crippen molar-refractivity contribution in [2.75, 3.05) is 0 Å². The Morgan fingerprint density at radius 3 is 2.80 bits per heavy atom. The van der Waals surface area contributed by atoms with Gasteiger partial charge in [0.2, 0.25) is 0 Å². The number of para-hydroxylation sites is 1. The second-order valence-corrected chi connectivity index (χ2v) is 4.89. The molecule has 2 nitrogen and oxygen atoms in total.